The number of hydrogen-bond acceptors (Lipinski definition) is 8. The third-order valence-corrected chi connectivity index (χ3v) is 12.4. The molecule has 0 saturated carbocycles. The summed E-state index contributed by atoms with van der Waals surface area (Å²) in [6, 6.07) is 0. The lowest BCUT2D eigenvalue weighted by molar-refractivity contribution is -0.870. The summed E-state index contributed by atoms with van der Waals surface area (Å²) in [7, 11) is 1.15. The van der Waals surface area contributed by atoms with Crippen LogP contribution in [0.5, 0.6) is 0 Å². The van der Waals surface area contributed by atoms with Crippen molar-refractivity contribution in [3.63, 3.8) is 0 Å². The average Bonchev–Trinajstić information content (AvgIpc) is 3.29. The predicted octanol–water partition coefficient (Wildman–Crippen LogP) is 15.9. The van der Waals surface area contributed by atoms with Crippen LogP contribution in [0.2, 0.25) is 0 Å². The van der Waals surface area contributed by atoms with Gasteiger partial charge in [-0.15, -0.1) is 0 Å². The molecule has 2 atom stereocenters. The number of unbranched alkanes of at least 4 members (excludes halogenated alkanes) is 23. The van der Waals surface area contributed by atoms with Crippen LogP contribution in [0.15, 0.2) is 72.9 Å². The largest absolute Gasteiger partial charge is 0.756 e. The maximum atomic E-state index is 12.8. The van der Waals surface area contributed by atoms with Gasteiger partial charge >= 0.3 is 11.9 Å². The minimum atomic E-state index is -4.64. The van der Waals surface area contributed by atoms with E-state index in [4.69, 9.17) is 18.5 Å². The number of rotatable bonds is 49. The van der Waals surface area contributed by atoms with Gasteiger partial charge < -0.3 is 27.9 Å². The van der Waals surface area contributed by atoms with Crippen LogP contribution in [0.25, 0.3) is 0 Å². The van der Waals surface area contributed by atoms with E-state index in [1.165, 1.54) is 103 Å². The Morgan fingerprint density at radius 2 is 0.851 bits per heavy atom. The number of nitrogens with zero attached hydrogens (tertiary/aromatic N) is 1. The lowest BCUT2D eigenvalue weighted by Gasteiger charge is -2.28. The molecule has 0 rings (SSSR count). The molecule has 67 heavy (non-hydrogen) atoms. The van der Waals surface area contributed by atoms with Gasteiger partial charge in [-0.05, 0) is 83.5 Å². The summed E-state index contributed by atoms with van der Waals surface area (Å²) in [4.78, 5) is 37.8. The molecule has 0 heterocycles. The number of quaternary nitrogens is 1. The zero-order chi connectivity index (χ0) is 49.2. The highest BCUT2D eigenvalue weighted by molar-refractivity contribution is 7.45. The topological polar surface area (TPSA) is 111 Å². The fourth-order valence-electron chi connectivity index (χ4n) is 7.27. The molecule has 0 radical (unpaired) electrons. The van der Waals surface area contributed by atoms with Gasteiger partial charge in [0, 0.05) is 12.8 Å². The number of ether oxygens (including phenoxy) is 2. The van der Waals surface area contributed by atoms with E-state index < -0.39 is 26.5 Å². The smallest absolute Gasteiger partial charge is 0.306 e. The Morgan fingerprint density at radius 1 is 0.478 bits per heavy atom. The second-order valence-corrected chi connectivity index (χ2v) is 20.6. The van der Waals surface area contributed by atoms with Crippen LogP contribution in [0.1, 0.15) is 226 Å². The number of likely N-dealkylation sites (N-methyl/N-ethyl adjacent to an activating group) is 1. The summed E-state index contributed by atoms with van der Waals surface area (Å²) in [6.07, 6.45) is 62.2. The number of allylic oxidation sites excluding steroid dienone is 12. The Labute approximate surface area is 412 Å². The molecule has 0 aliphatic carbocycles. The summed E-state index contributed by atoms with van der Waals surface area (Å²) in [5, 5.41) is 0. The average molecular weight is 960 g/mol. The van der Waals surface area contributed by atoms with Crippen LogP contribution in [0.4, 0.5) is 0 Å². The van der Waals surface area contributed by atoms with Crippen molar-refractivity contribution < 1.29 is 42.1 Å². The van der Waals surface area contributed by atoms with Gasteiger partial charge in [-0.2, -0.15) is 0 Å². The summed E-state index contributed by atoms with van der Waals surface area (Å²) in [5.41, 5.74) is 0. The van der Waals surface area contributed by atoms with E-state index in [-0.39, 0.29) is 32.0 Å². The van der Waals surface area contributed by atoms with E-state index in [2.05, 4.69) is 86.8 Å². The van der Waals surface area contributed by atoms with Crippen molar-refractivity contribution in [2.24, 2.45) is 0 Å². The molecular weight excluding hydrogens is 858 g/mol. The SMILES string of the molecule is CC/C=C\C/C=C\C/C=C\C/C=C\C/C=C\CCCCCCCCCCCC(=O)OC(COC(=O)CCCCCCCCC/C=C\CCCCCCCCC)COP(=O)([O-])OCC[N+](C)(C)C. The predicted molar refractivity (Wildman–Crippen MR) is 282 cm³/mol. The van der Waals surface area contributed by atoms with Crippen molar-refractivity contribution in [2.45, 2.75) is 232 Å². The van der Waals surface area contributed by atoms with E-state index >= 15 is 0 Å². The normalized spacial score (nSPS) is 13.9. The van der Waals surface area contributed by atoms with Crippen LogP contribution in [-0.2, 0) is 32.7 Å². The number of phosphoric acid groups is 1. The molecule has 0 aromatic heterocycles. The summed E-state index contributed by atoms with van der Waals surface area (Å²) in [5.74, 6) is -0.845. The van der Waals surface area contributed by atoms with Gasteiger partial charge in [0.25, 0.3) is 7.82 Å². The third-order valence-electron chi connectivity index (χ3n) is 11.5. The van der Waals surface area contributed by atoms with Gasteiger partial charge in [0.05, 0.1) is 27.7 Å². The Morgan fingerprint density at radius 3 is 1.28 bits per heavy atom. The quantitative estimate of drug-likeness (QED) is 0.0195. The van der Waals surface area contributed by atoms with E-state index in [0.29, 0.717) is 17.4 Å². The first kappa shape index (κ1) is 64.5. The molecule has 10 heteroatoms. The number of carbonyl (C=O) groups is 2. The summed E-state index contributed by atoms with van der Waals surface area (Å²) in [6.45, 7) is 4.12. The minimum absolute atomic E-state index is 0.0354. The van der Waals surface area contributed by atoms with Gasteiger partial charge in [0.2, 0.25) is 0 Å². The van der Waals surface area contributed by atoms with Crippen LogP contribution >= 0.6 is 7.82 Å². The highest BCUT2D eigenvalue weighted by Crippen LogP contribution is 2.38. The van der Waals surface area contributed by atoms with Crippen LogP contribution in [-0.4, -0.2) is 70.0 Å². The molecule has 0 aliphatic heterocycles. The van der Waals surface area contributed by atoms with Gasteiger partial charge in [0.1, 0.15) is 19.8 Å². The molecule has 9 nitrogen and oxygen atoms in total. The molecule has 0 saturated heterocycles. The minimum Gasteiger partial charge on any atom is -0.756 e. The first-order chi connectivity index (χ1) is 32.5. The maximum absolute atomic E-state index is 12.8. The summed E-state index contributed by atoms with van der Waals surface area (Å²) < 4.78 is 34.1. The molecule has 0 spiro atoms. The third kappa shape index (κ3) is 52.7. The highest BCUT2D eigenvalue weighted by atomic mass is 31.2. The van der Waals surface area contributed by atoms with E-state index in [1.54, 1.807) is 0 Å². The Balaban J connectivity index is 4.24. The number of carbonyl (C=O) groups excluding carboxylic acids is 2. The molecule has 0 amide bonds. The fourth-order valence-corrected chi connectivity index (χ4v) is 7.99. The Hall–Kier alpha value is -2.55. The highest BCUT2D eigenvalue weighted by Gasteiger charge is 2.21. The monoisotopic (exact) mass is 960 g/mol. The lowest BCUT2D eigenvalue weighted by atomic mass is 10.1. The molecule has 388 valence electrons. The van der Waals surface area contributed by atoms with Crippen molar-refractivity contribution in [2.75, 3.05) is 47.5 Å². The molecular formula is C57H102NO8P. The second-order valence-electron chi connectivity index (χ2n) is 19.2. The Bertz CT molecular complexity index is 1360. The van der Waals surface area contributed by atoms with Gasteiger partial charge in [-0.25, -0.2) is 0 Å². The van der Waals surface area contributed by atoms with Crippen LogP contribution in [0.3, 0.4) is 0 Å². The molecule has 0 aliphatic rings. The molecule has 0 bridgehead atoms. The van der Waals surface area contributed by atoms with E-state index in [9.17, 15) is 19.0 Å². The van der Waals surface area contributed by atoms with E-state index in [1.807, 2.05) is 21.1 Å². The molecule has 0 aromatic carbocycles. The second kappa shape index (κ2) is 48.5. The number of phosphoric ester groups is 1. The standard InChI is InChI=1S/C57H102NO8P/c1-6-8-10-12-14-16-18-20-22-24-26-27-28-29-30-31-32-34-36-38-40-42-44-46-48-50-57(60)66-55(54-65-67(61,62)64-52-51-58(3,4)5)53-63-56(59)49-47-45-43-41-39-37-35-33-25-23-21-19-17-15-13-11-9-7-2/h8,10,14,16,20,22-23,25-27,29-30,55H,6-7,9,11-13,15,17-19,21,24,28,31-54H2,1-5H3/b10-8-,16-14-,22-20-,25-23-,27-26-,30-29-. The van der Waals surface area contributed by atoms with E-state index in [0.717, 1.165) is 89.9 Å². The van der Waals surface area contributed by atoms with Crippen molar-refractivity contribution in [3.05, 3.63) is 72.9 Å². The zero-order valence-corrected chi connectivity index (χ0v) is 44.7. The van der Waals surface area contributed by atoms with Gasteiger partial charge in [0.15, 0.2) is 6.10 Å². The molecule has 0 fully saturated rings. The first-order valence-corrected chi connectivity index (χ1v) is 28.6. The van der Waals surface area contributed by atoms with Crippen molar-refractivity contribution in [3.8, 4) is 0 Å². The van der Waals surface area contributed by atoms with Crippen LogP contribution in [0, 0.1) is 0 Å². The van der Waals surface area contributed by atoms with Gasteiger partial charge in [-0.3, -0.25) is 14.2 Å². The summed E-state index contributed by atoms with van der Waals surface area (Å²) >= 11 is 0. The number of esters is 2. The van der Waals surface area contributed by atoms with Crippen LogP contribution < -0.4 is 4.89 Å². The fraction of sp³-hybridized carbons (Fsp3) is 0.754. The lowest BCUT2D eigenvalue weighted by Crippen LogP contribution is -2.37. The number of hydrogen-bond donors (Lipinski definition) is 0. The first-order valence-electron chi connectivity index (χ1n) is 27.1. The molecule has 2 unspecified atom stereocenters. The van der Waals surface area contributed by atoms with Crippen molar-refractivity contribution >= 4 is 19.8 Å². The maximum Gasteiger partial charge on any atom is 0.306 e. The van der Waals surface area contributed by atoms with Crippen molar-refractivity contribution in [1.29, 1.82) is 0 Å². The molecule has 0 N–H and O–H groups in total. The van der Waals surface area contributed by atoms with Gasteiger partial charge in [-0.1, -0.05) is 202 Å². The van der Waals surface area contributed by atoms with Crippen molar-refractivity contribution in [1.82, 2.24) is 0 Å². The zero-order valence-electron chi connectivity index (χ0n) is 43.8. The Kier molecular flexibility index (Phi) is 46.6. The molecule has 0 aromatic rings.